The summed E-state index contributed by atoms with van der Waals surface area (Å²) in [5.74, 6) is 0.642. The number of rotatable bonds is 6. The lowest BCUT2D eigenvalue weighted by atomic mass is 10.2. The van der Waals surface area contributed by atoms with Crippen LogP contribution in [0.1, 0.15) is 5.56 Å². The third kappa shape index (κ3) is 6.77. The minimum absolute atomic E-state index is 0. The molecule has 0 heterocycles. The zero-order valence-corrected chi connectivity index (χ0v) is 18.6. The molecule has 2 rings (SSSR count). The lowest BCUT2D eigenvalue weighted by Crippen LogP contribution is -2.40. The highest BCUT2D eigenvalue weighted by Gasteiger charge is 2.14. The van der Waals surface area contributed by atoms with Gasteiger partial charge in [-0.15, -0.1) is 24.0 Å². The summed E-state index contributed by atoms with van der Waals surface area (Å²) in [7, 11) is 0.267. The molecule has 0 radical (unpaired) electrons. The Kier molecular flexibility index (Phi) is 9.38. The maximum absolute atomic E-state index is 12.3. The Balaban J connectivity index is 0.00000338. The normalized spacial score (nSPS) is 11.6. The summed E-state index contributed by atoms with van der Waals surface area (Å²) in [5, 5.41) is 3.79. The van der Waals surface area contributed by atoms with Gasteiger partial charge in [-0.1, -0.05) is 41.9 Å². The van der Waals surface area contributed by atoms with Gasteiger partial charge in [-0.3, -0.25) is 4.99 Å². The van der Waals surface area contributed by atoms with Crippen molar-refractivity contribution in [2.75, 3.05) is 26.4 Å². The van der Waals surface area contributed by atoms with E-state index in [0.717, 1.165) is 5.56 Å². The van der Waals surface area contributed by atoms with Crippen molar-refractivity contribution < 1.29 is 8.42 Å². The molecule has 0 bridgehead atoms. The quantitative estimate of drug-likeness (QED) is 0.370. The van der Waals surface area contributed by atoms with E-state index in [1.54, 1.807) is 37.4 Å². The van der Waals surface area contributed by atoms with Crippen LogP contribution in [0.15, 0.2) is 64.5 Å². The number of nitrogens with one attached hydrogen (secondary N) is 1. The van der Waals surface area contributed by atoms with Crippen LogP contribution in [0.25, 0.3) is 0 Å². The summed E-state index contributed by atoms with van der Waals surface area (Å²) >= 11 is 5.89. The van der Waals surface area contributed by atoms with E-state index < -0.39 is 9.84 Å². The van der Waals surface area contributed by atoms with Crippen molar-refractivity contribution in [1.29, 1.82) is 0 Å². The molecule has 1 N–H and O–H groups in total. The zero-order valence-electron chi connectivity index (χ0n) is 14.7. The highest BCUT2D eigenvalue weighted by molar-refractivity contribution is 14.0. The van der Waals surface area contributed by atoms with Crippen molar-refractivity contribution in [3.05, 3.63) is 65.2 Å². The highest BCUT2D eigenvalue weighted by Crippen LogP contribution is 2.11. The SMILES string of the molecule is CN=C(NCCS(=O)(=O)c1ccccc1)N(C)Cc1ccc(Cl)cc1.I. The van der Waals surface area contributed by atoms with Crippen LogP contribution in [0.4, 0.5) is 0 Å². The van der Waals surface area contributed by atoms with Crippen LogP contribution >= 0.6 is 35.6 Å². The minimum Gasteiger partial charge on any atom is -0.355 e. The molecular weight excluding hydrogens is 485 g/mol. The van der Waals surface area contributed by atoms with Crippen LogP contribution in [0.5, 0.6) is 0 Å². The van der Waals surface area contributed by atoms with E-state index in [1.807, 2.05) is 36.2 Å². The Bertz CT molecular complexity index is 812. The summed E-state index contributed by atoms with van der Waals surface area (Å²) in [6.45, 7) is 0.928. The molecule has 0 unspecified atom stereocenters. The number of nitrogens with zero attached hydrogens (tertiary/aromatic N) is 2. The number of sulfone groups is 1. The van der Waals surface area contributed by atoms with Gasteiger partial charge in [-0.2, -0.15) is 0 Å². The van der Waals surface area contributed by atoms with Gasteiger partial charge in [0.25, 0.3) is 0 Å². The Morgan fingerprint density at radius 1 is 1.12 bits per heavy atom. The van der Waals surface area contributed by atoms with Crippen molar-refractivity contribution in [3.63, 3.8) is 0 Å². The van der Waals surface area contributed by atoms with Gasteiger partial charge in [0.05, 0.1) is 10.6 Å². The van der Waals surface area contributed by atoms with Crippen molar-refractivity contribution >= 4 is 51.4 Å². The van der Waals surface area contributed by atoms with E-state index >= 15 is 0 Å². The number of guanidine groups is 1. The molecule has 26 heavy (non-hydrogen) atoms. The van der Waals surface area contributed by atoms with Gasteiger partial charge in [-0.05, 0) is 29.8 Å². The second-order valence-electron chi connectivity index (χ2n) is 5.59. The molecule has 0 amide bonds. The fourth-order valence-corrected chi connectivity index (χ4v) is 3.67. The first-order valence-electron chi connectivity index (χ1n) is 7.86. The van der Waals surface area contributed by atoms with Crippen molar-refractivity contribution in [2.24, 2.45) is 4.99 Å². The Hall–Kier alpha value is -1.32. The number of benzene rings is 2. The van der Waals surface area contributed by atoms with Crippen LogP contribution in [0.3, 0.4) is 0 Å². The van der Waals surface area contributed by atoms with Crippen LogP contribution in [-0.2, 0) is 16.4 Å². The molecule has 0 fully saturated rings. The number of hydrogen-bond acceptors (Lipinski definition) is 3. The summed E-state index contributed by atoms with van der Waals surface area (Å²) in [6.07, 6.45) is 0. The smallest absolute Gasteiger partial charge is 0.193 e. The molecule has 0 saturated carbocycles. The first kappa shape index (κ1) is 22.7. The van der Waals surface area contributed by atoms with Gasteiger partial charge in [0.15, 0.2) is 15.8 Å². The topological polar surface area (TPSA) is 61.8 Å². The van der Waals surface area contributed by atoms with Crippen LogP contribution in [0, 0.1) is 0 Å². The monoisotopic (exact) mass is 507 g/mol. The fraction of sp³-hybridized carbons (Fsp3) is 0.278. The average molecular weight is 508 g/mol. The highest BCUT2D eigenvalue weighted by atomic mass is 127. The minimum atomic E-state index is -3.30. The van der Waals surface area contributed by atoms with E-state index in [0.29, 0.717) is 22.4 Å². The molecule has 0 aliphatic carbocycles. The summed E-state index contributed by atoms with van der Waals surface area (Å²) in [6, 6.07) is 16.0. The first-order valence-corrected chi connectivity index (χ1v) is 9.89. The predicted octanol–water partition coefficient (Wildman–Crippen LogP) is 3.44. The Morgan fingerprint density at radius 3 is 2.31 bits per heavy atom. The van der Waals surface area contributed by atoms with Gasteiger partial charge >= 0.3 is 0 Å². The zero-order chi connectivity index (χ0) is 18.3. The third-order valence-electron chi connectivity index (χ3n) is 3.66. The largest absolute Gasteiger partial charge is 0.355 e. The number of aliphatic imine (C=N–C) groups is 1. The van der Waals surface area contributed by atoms with E-state index in [4.69, 9.17) is 11.6 Å². The van der Waals surface area contributed by atoms with Crippen molar-refractivity contribution in [1.82, 2.24) is 10.2 Å². The Morgan fingerprint density at radius 2 is 1.73 bits per heavy atom. The molecule has 2 aromatic rings. The second kappa shape index (κ2) is 10.7. The molecule has 0 saturated heterocycles. The average Bonchev–Trinajstić information content (AvgIpc) is 2.61. The summed E-state index contributed by atoms with van der Waals surface area (Å²) < 4.78 is 24.6. The number of halogens is 2. The molecule has 142 valence electrons. The van der Waals surface area contributed by atoms with Gasteiger partial charge in [-0.25, -0.2) is 8.42 Å². The van der Waals surface area contributed by atoms with E-state index in [2.05, 4.69) is 10.3 Å². The predicted molar refractivity (Wildman–Crippen MR) is 118 cm³/mol. The van der Waals surface area contributed by atoms with E-state index in [9.17, 15) is 8.42 Å². The third-order valence-corrected chi connectivity index (χ3v) is 5.65. The number of hydrogen-bond donors (Lipinski definition) is 1. The lowest BCUT2D eigenvalue weighted by molar-refractivity contribution is 0.478. The molecule has 5 nitrogen and oxygen atoms in total. The van der Waals surface area contributed by atoms with Crippen molar-refractivity contribution in [2.45, 2.75) is 11.4 Å². The van der Waals surface area contributed by atoms with Crippen molar-refractivity contribution in [3.8, 4) is 0 Å². The summed E-state index contributed by atoms with van der Waals surface area (Å²) in [5.41, 5.74) is 1.09. The second-order valence-corrected chi connectivity index (χ2v) is 8.13. The van der Waals surface area contributed by atoms with Gasteiger partial charge in [0.2, 0.25) is 0 Å². The molecule has 8 heteroatoms. The van der Waals surface area contributed by atoms with Crippen LogP contribution in [0.2, 0.25) is 5.02 Å². The molecule has 0 aliphatic heterocycles. The standard InChI is InChI=1S/C18H22ClN3O2S.HI/c1-20-18(22(2)14-15-8-10-16(19)11-9-15)21-12-13-25(23,24)17-6-4-3-5-7-17;/h3-11H,12-14H2,1-2H3,(H,20,21);1H. The molecular formula is C18H23ClIN3O2S. The Labute approximate surface area is 177 Å². The van der Waals surface area contributed by atoms with Crippen LogP contribution in [-0.4, -0.2) is 45.7 Å². The molecule has 0 aromatic heterocycles. The molecule has 0 spiro atoms. The summed E-state index contributed by atoms with van der Waals surface area (Å²) in [4.78, 5) is 6.47. The van der Waals surface area contributed by atoms with Gasteiger partial charge in [0, 0.05) is 32.2 Å². The van der Waals surface area contributed by atoms with Gasteiger partial charge in [0.1, 0.15) is 0 Å². The maximum atomic E-state index is 12.3. The van der Waals surface area contributed by atoms with Gasteiger partial charge < -0.3 is 10.2 Å². The maximum Gasteiger partial charge on any atom is 0.193 e. The molecule has 0 aliphatic rings. The fourth-order valence-electron chi connectivity index (χ4n) is 2.37. The lowest BCUT2D eigenvalue weighted by Gasteiger charge is -2.22. The van der Waals surface area contributed by atoms with E-state index in [-0.39, 0.29) is 36.3 Å². The first-order chi connectivity index (χ1) is 11.9. The molecule has 2 aromatic carbocycles. The van der Waals surface area contributed by atoms with Crippen LogP contribution < -0.4 is 5.32 Å². The van der Waals surface area contributed by atoms with E-state index in [1.165, 1.54) is 0 Å². The molecule has 0 atom stereocenters.